The van der Waals surface area contributed by atoms with Gasteiger partial charge in [-0.25, -0.2) is 4.79 Å². The van der Waals surface area contributed by atoms with E-state index in [9.17, 15) is 14.4 Å². The van der Waals surface area contributed by atoms with E-state index < -0.39 is 29.4 Å². The third-order valence-corrected chi connectivity index (χ3v) is 5.70. The third kappa shape index (κ3) is 5.05. The molecule has 0 heterocycles. The third-order valence-electron chi connectivity index (χ3n) is 5.70. The molecule has 7 heteroatoms. The summed E-state index contributed by atoms with van der Waals surface area (Å²) in [5, 5.41) is 14.3. The number of fused-ring (bicyclic) bond motifs is 3. The Kier molecular flexibility index (Phi) is 6.63. The molecule has 2 aromatic rings. The van der Waals surface area contributed by atoms with Crippen molar-refractivity contribution in [2.24, 2.45) is 5.41 Å². The van der Waals surface area contributed by atoms with E-state index in [1.807, 2.05) is 36.4 Å². The van der Waals surface area contributed by atoms with Crippen LogP contribution in [0.15, 0.2) is 48.5 Å². The van der Waals surface area contributed by atoms with E-state index in [4.69, 9.17) is 9.84 Å². The van der Waals surface area contributed by atoms with E-state index in [2.05, 4.69) is 22.8 Å². The summed E-state index contributed by atoms with van der Waals surface area (Å²) in [5.41, 5.74) is 3.58. The number of hydrogen-bond donors (Lipinski definition) is 3. The van der Waals surface area contributed by atoms with Crippen LogP contribution in [0, 0.1) is 5.41 Å². The highest BCUT2D eigenvalue weighted by Crippen LogP contribution is 2.44. The Morgan fingerprint density at radius 2 is 1.58 bits per heavy atom. The highest BCUT2D eigenvalue weighted by atomic mass is 16.5. The normalized spacial score (nSPS) is 13.6. The Hall–Kier alpha value is -3.35. The molecule has 0 aliphatic heterocycles. The van der Waals surface area contributed by atoms with E-state index in [1.54, 1.807) is 20.8 Å². The molecule has 3 N–H and O–H groups in total. The largest absolute Gasteiger partial charge is 0.481 e. The number of carbonyl (C=O) groups is 3. The lowest BCUT2D eigenvalue weighted by Gasteiger charge is -2.20. The standard InChI is InChI=1S/C24H28N2O5/c1-15(21(27)25-13-12-24(2,3)22(28)29)26-23(30)31-14-20-18-10-6-4-8-16(18)17-9-5-7-11-19(17)20/h4-11,15,20H,12-14H2,1-3H3,(H,25,27)(H,26,30)(H,28,29). The first kappa shape index (κ1) is 22.3. The van der Waals surface area contributed by atoms with Crippen LogP contribution in [0.1, 0.15) is 44.2 Å². The van der Waals surface area contributed by atoms with Crippen LogP contribution in [0.2, 0.25) is 0 Å². The van der Waals surface area contributed by atoms with E-state index in [-0.39, 0.29) is 25.5 Å². The quantitative estimate of drug-likeness (QED) is 0.601. The number of ether oxygens (including phenoxy) is 1. The number of carboxylic acid groups (broad SMARTS) is 1. The molecule has 0 saturated carbocycles. The summed E-state index contributed by atoms with van der Waals surface area (Å²) in [6.07, 6.45) is -0.387. The second kappa shape index (κ2) is 9.20. The average molecular weight is 424 g/mol. The molecule has 1 aliphatic carbocycles. The van der Waals surface area contributed by atoms with Gasteiger partial charge in [-0.05, 0) is 49.4 Å². The summed E-state index contributed by atoms with van der Waals surface area (Å²) in [6.45, 7) is 5.12. The van der Waals surface area contributed by atoms with E-state index in [1.165, 1.54) is 0 Å². The van der Waals surface area contributed by atoms with E-state index in [0.717, 1.165) is 22.3 Å². The van der Waals surface area contributed by atoms with E-state index in [0.29, 0.717) is 0 Å². The lowest BCUT2D eigenvalue weighted by Crippen LogP contribution is -2.46. The lowest BCUT2D eigenvalue weighted by atomic mass is 9.90. The van der Waals surface area contributed by atoms with Gasteiger partial charge in [0.05, 0.1) is 5.41 Å². The van der Waals surface area contributed by atoms with Gasteiger partial charge in [0.25, 0.3) is 0 Å². The Morgan fingerprint density at radius 3 is 2.13 bits per heavy atom. The number of carboxylic acids is 1. The zero-order valence-corrected chi connectivity index (χ0v) is 18.0. The SMILES string of the molecule is CC(NC(=O)OCC1c2ccccc2-c2ccccc21)C(=O)NCCC(C)(C)C(=O)O. The molecule has 0 bridgehead atoms. The van der Waals surface area contributed by atoms with Crippen molar-refractivity contribution in [3.8, 4) is 11.1 Å². The summed E-state index contributed by atoms with van der Waals surface area (Å²) in [5.74, 6) is -1.37. The fourth-order valence-electron chi connectivity index (χ4n) is 3.64. The molecule has 1 atom stereocenters. The molecule has 0 saturated heterocycles. The number of benzene rings is 2. The van der Waals surface area contributed by atoms with Crippen LogP contribution in [-0.4, -0.2) is 42.3 Å². The van der Waals surface area contributed by atoms with Crippen LogP contribution in [0.25, 0.3) is 11.1 Å². The summed E-state index contributed by atoms with van der Waals surface area (Å²) in [6, 6.07) is 15.3. The summed E-state index contributed by atoms with van der Waals surface area (Å²) < 4.78 is 5.44. The lowest BCUT2D eigenvalue weighted by molar-refractivity contribution is -0.147. The minimum atomic E-state index is -0.934. The smallest absolute Gasteiger partial charge is 0.407 e. The number of carbonyl (C=O) groups excluding carboxylic acids is 2. The van der Waals surface area contributed by atoms with Crippen molar-refractivity contribution >= 4 is 18.0 Å². The molecular formula is C24H28N2O5. The number of hydrogen-bond acceptors (Lipinski definition) is 4. The Balaban J connectivity index is 1.51. The molecular weight excluding hydrogens is 396 g/mol. The van der Waals surface area contributed by atoms with Crippen molar-refractivity contribution in [1.29, 1.82) is 0 Å². The molecule has 2 aromatic carbocycles. The zero-order chi connectivity index (χ0) is 22.6. The van der Waals surface area contributed by atoms with E-state index >= 15 is 0 Å². The first-order chi connectivity index (χ1) is 14.7. The topological polar surface area (TPSA) is 105 Å². The number of nitrogens with one attached hydrogen (secondary N) is 2. The molecule has 1 unspecified atom stereocenters. The number of aliphatic carboxylic acids is 1. The predicted molar refractivity (Wildman–Crippen MR) is 117 cm³/mol. The van der Waals surface area contributed by atoms with Crippen molar-refractivity contribution in [2.45, 2.75) is 39.2 Å². The summed E-state index contributed by atoms with van der Waals surface area (Å²) >= 11 is 0. The second-order valence-electron chi connectivity index (χ2n) is 8.42. The van der Waals surface area contributed by atoms with Gasteiger partial charge in [0, 0.05) is 12.5 Å². The van der Waals surface area contributed by atoms with Gasteiger partial charge in [-0.2, -0.15) is 0 Å². The van der Waals surface area contributed by atoms with Gasteiger partial charge in [-0.1, -0.05) is 48.5 Å². The molecule has 0 radical (unpaired) electrons. The number of alkyl carbamates (subject to hydrolysis) is 1. The zero-order valence-electron chi connectivity index (χ0n) is 18.0. The monoisotopic (exact) mass is 424 g/mol. The van der Waals surface area contributed by atoms with Crippen molar-refractivity contribution < 1.29 is 24.2 Å². The molecule has 0 spiro atoms. The maximum absolute atomic E-state index is 12.3. The van der Waals surface area contributed by atoms with Gasteiger partial charge < -0.3 is 20.5 Å². The number of amides is 2. The van der Waals surface area contributed by atoms with Gasteiger partial charge in [-0.15, -0.1) is 0 Å². The van der Waals surface area contributed by atoms with Gasteiger partial charge in [-0.3, -0.25) is 9.59 Å². The van der Waals surface area contributed by atoms with Crippen LogP contribution < -0.4 is 10.6 Å². The van der Waals surface area contributed by atoms with Gasteiger partial charge >= 0.3 is 12.1 Å². The van der Waals surface area contributed by atoms with Crippen LogP contribution >= 0.6 is 0 Å². The molecule has 0 fully saturated rings. The minimum Gasteiger partial charge on any atom is -0.481 e. The minimum absolute atomic E-state index is 0.0551. The Labute approximate surface area is 181 Å². The molecule has 0 aromatic heterocycles. The summed E-state index contributed by atoms with van der Waals surface area (Å²) in [7, 11) is 0. The first-order valence-electron chi connectivity index (χ1n) is 10.3. The van der Waals surface area contributed by atoms with Crippen molar-refractivity contribution in [1.82, 2.24) is 10.6 Å². The van der Waals surface area contributed by atoms with Gasteiger partial charge in [0.2, 0.25) is 5.91 Å². The predicted octanol–water partition coefficient (Wildman–Crippen LogP) is 3.53. The maximum Gasteiger partial charge on any atom is 0.407 e. The summed E-state index contributed by atoms with van der Waals surface area (Å²) in [4.78, 5) is 35.6. The van der Waals surface area contributed by atoms with Gasteiger partial charge in [0.1, 0.15) is 12.6 Å². The van der Waals surface area contributed by atoms with Gasteiger partial charge in [0.15, 0.2) is 0 Å². The van der Waals surface area contributed by atoms with Crippen LogP contribution in [0.3, 0.4) is 0 Å². The molecule has 7 nitrogen and oxygen atoms in total. The Bertz CT molecular complexity index is 940. The maximum atomic E-state index is 12.3. The molecule has 3 rings (SSSR count). The van der Waals surface area contributed by atoms with Crippen molar-refractivity contribution in [3.63, 3.8) is 0 Å². The van der Waals surface area contributed by atoms with Crippen molar-refractivity contribution in [2.75, 3.05) is 13.2 Å². The second-order valence-corrected chi connectivity index (χ2v) is 8.42. The highest BCUT2D eigenvalue weighted by molar-refractivity contribution is 5.85. The first-order valence-corrected chi connectivity index (χ1v) is 10.3. The average Bonchev–Trinajstić information content (AvgIpc) is 3.05. The molecule has 2 amide bonds. The molecule has 164 valence electrons. The highest BCUT2D eigenvalue weighted by Gasteiger charge is 2.30. The fourth-order valence-corrected chi connectivity index (χ4v) is 3.64. The molecule has 31 heavy (non-hydrogen) atoms. The Morgan fingerprint density at radius 1 is 1.03 bits per heavy atom. The fraction of sp³-hybridized carbons (Fsp3) is 0.375. The van der Waals surface area contributed by atoms with Crippen LogP contribution in [-0.2, 0) is 14.3 Å². The molecule has 1 aliphatic rings. The van der Waals surface area contributed by atoms with Crippen LogP contribution in [0.4, 0.5) is 4.79 Å². The van der Waals surface area contributed by atoms with Crippen LogP contribution in [0.5, 0.6) is 0 Å². The van der Waals surface area contributed by atoms with Crippen molar-refractivity contribution in [3.05, 3.63) is 59.7 Å². The number of rotatable bonds is 8.